The van der Waals surface area contributed by atoms with E-state index < -0.39 is 11.2 Å². The van der Waals surface area contributed by atoms with Crippen molar-refractivity contribution in [3.8, 4) is 11.5 Å². The van der Waals surface area contributed by atoms with Crippen LogP contribution in [0.2, 0.25) is 0 Å². The Morgan fingerprint density at radius 3 is 2.74 bits per heavy atom. The third-order valence-electron chi connectivity index (χ3n) is 9.24. The van der Waals surface area contributed by atoms with E-state index in [1.165, 1.54) is 11.1 Å². The second kappa shape index (κ2) is 4.55. The van der Waals surface area contributed by atoms with Crippen molar-refractivity contribution in [2.45, 2.75) is 55.8 Å². The summed E-state index contributed by atoms with van der Waals surface area (Å²) in [5.41, 5.74) is 2.08. The topological polar surface area (TPSA) is 30.9 Å². The van der Waals surface area contributed by atoms with Crippen LogP contribution >= 0.6 is 0 Å². The summed E-state index contributed by atoms with van der Waals surface area (Å²) in [7, 11) is 5.92. The van der Waals surface area contributed by atoms with Crippen molar-refractivity contribution in [2.24, 2.45) is 11.3 Å². The maximum absolute atomic E-state index is 7.00. The second-order valence-electron chi connectivity index (χ2n) is 9.60. The highest BCUT2D eigenvalue weighted by Gasteiger charge is 2.83. The molecule has 0 amide bonds. The Labute approximate surface area is 161 Å². The van der Waals surface area contributed by atoms with Crippen molar-refractivity contribution in [1.82, 2.24) is 4.90 Å². The number of ether oxygens (including phenoxy) is 3. The van der Waals surface area contributed by atoms with Crippen LogP contribution in [-0.2, 0) is 16.6 Å². The molecular weight excluding hydrogens is 338 g/mol. The molecule has 6 aliphatic rings. The zero-order valence-corrected chi connectivity index (χ0v) is 17.0. The molecule has 6 atom stereocenters. The molecule has 1 aromatic rings. The molecule has 2 spiro atoms. The van der Waals surface area contributed by atoms with E-state index in [9.17, 15) is 0 Å². The standard InChI is InChI=1S/C23H29NO3/c1-14-13-21-8-9-23(14,26-5)20(2)22(21)10-11-24(3)17(21)12-15-6-7-16(25-4)19(27-20)18(15)22/h6-9,14,17H,10-13H2,1-5H3/t14-,17-,20+,21-,22+,23-/m1/s1. The molecule has 0 radical (unpaired) electrons. The fraction of sp³-hybridized carbons (Fsp3) is 0.652. The largest absolute Gasteiger partial charge is 0.493 e. The molecule has 4 bridgehead atoms. The number of likely N-dealkylation sites (tertiary alicyclic amines) is 1. The molecule has 0 unspecified atom stereocenters. The Kier molecular flexibility index (Phi) is 2.77. The molecule has 27 heavy (non-hydrogen) atoms. The Hall–Kier alpha value is -1.52. The first-order chi connectivity index (χ1) is 12.9. The molecule has 4 heteroatoms. The van der Waals surface area contributed by atoms with Gasteiger partial charge in [0, 0.05) is 24.1 Å². The van der Waals surface area contributed by atoms with Crippen LogP contribution in [0, 0.1) is 11.3 Å². The fourth-order valence-electron chi connectivity index (χ4n) is 8.26. The van der Waals surface area contributed by atoms with Crippen LogP contribution in [0.15, 0.2) is 24.3 Å². The van der Waals surface area contributed by atoms with Gasteiger partial charge in [-0.15, -0.1) is 0 Å². The number of likely N-dealkylation sites (N-methyl/N-ethyl adjacent to an activating group) is 1. The van der Waals surface area contributed by atoms with Gasteiger partial charge in [0.25, 0.3) is 0 Å². The van der Waals surface area contributed by atoms with Crippen LogP contribution in [0.5, 0.6) is 11.5 Å². The van der Waals surface area contributed by atoms with E-state index in [1.54, 1.807) is 7.11 Å². The van der Waals surface area contributed by atoms with Gasteiger partial charge < -0.3 is 19.1 Å². The number of methoxy groups -OCH3 is 2. The molecule has 144 valence electrons. The van der Waals surface area contributed by atoms with Gasteiger partial charge in [0.1, 0.15) is 11.2 Å². The predicted octanol–water partition coefficient (Wildman–Crippen LogP) is 3.33. The van der Waals surface area contributed by atoms with Crippen molar-refractivity contribution in [3.63, 3.8) is 0 Å². The van der Waals surface area contributed by atoms with E-state index in [0.717, 1.165) is 37.3 Å². The number of nitrogens with zero attached hydrogens (tertiary/aromatic N) is 1. The van der Waals surface area contributed by atoms with Crippen molar-refractivity contribution in [3.05, 3.63) is 35.4 Å². The van der Waals surface area contributed by atoms with E-state index in [2.05, 4.69) is 50.1 Å². The lowest BCUT2D eigenvalue weighted by atomic mass is 9.34. The highest BCUT2D eigenvalue weighted by molar-refractivity contribution is 5.67. The van der Waals surface area contributed by atoms with Gasteiger partial charge in [-0.25, -0.2) is 0 Å². The molecule has 0 N–H and O–H groups in total. The highest BCUT2D eigenvalue weighted by atomic mass is 16.6. The Morgan fingerprint density at radius 2 is 2.04 bits per heavy atom. The summed E-state index contributed by atoms with van der Waals surface area (Å²) >= 11 is 0. The molecule has 2 aliphatic heterocycles. The summed E-state index contributed by atoms with van der Waals surface area (Å²) in [5.74, 6) is 2.25. The predicted molar refractivity (Wildman–Crippen MR) is 104 cm³/mol. The Balaban J connectivity index is 1.78. The first kappa shape index (κ1) is 16.4. The molecule has 0 aromatic heterocycles. The smallest absolute Gasteiger partial charge is 0.166 e. The van der Waals surface area contributed by atoms with Crippen molar-refractivity contribution >= 4 is 0 Å². The lowest BCUT2D eigenvalue weighted by Crippen LogP contribution is -2.83. The van der Waals surface area contributed by atoms with Gasteiger partial charge >= 0.3 is 0 Å². The van der Waals surface area contributed by atoms with Crippen LogP contribution in [0.4, 0.5) is 0 Å². The summed E-state index contributed by atoms with van der Waals surface area (Å²) in [4.78, 5) is 2.60. The SMILES string of the molecule is COc1ccc2c3c1O[C@@]1(C)[C@]34CCN(C)[C@H](C2)[C@]42C=C[C@@]1(OC)[C@H](C)C2. The van der Waals surface area contributed by atoms with Crippen LogP contribution in [0.25, 0.3) is 0 Å². The zero-order valence-electron chi connectivity index (χ0n) is 17.0. The first-order valence-electron chi connectivity index (χ1n) is 10.3. The van der Waals surface area contributed by atoms with Gasteiger partial charge in [-0.1, -0.05) is 25.1 Å². The zero-order chi connectivity index (χ0) is 18.8. The molecule has 4 aliphatic carbocycles. The minimum Gasteiger partial charge on any atom is -0.493 e. The molecular formula is C23H29NO3. The van der Waals surface area contributed by atoms with Crippen molar-refractivity contribution in [1.29, 1.82) is 0 Å². The van der Waals surface area contributed by atoms with E-state index in [0.29, 0.717) is 12.0 Å². The average Bonchev–Trinajstić information content (AvgIpc) is 2.94. The van der Waals surface area contributed by atoms with E-state index in [1.807, 2.05) is 7.11 Å². The number of hydrogen-bond donors (Lipinski definition) is 0. The highest BCUT2D eigenvalue weighted by Crippen LogP contribution is 2.78. The fourth-order valence-corrected chi connectivity index (χ4v) is 8.26. The van der Waals surface area contributed by atoms with Crippen molar-refractivity contribution < 1.29 is 14.2 Å². The number of fused-ring (bicyclic) bond motifs is 1. The van der Waals surface area contributed by atoms with Gasteiger partial charge in [-0.2, -0.15) is 0 Å². The maximum Gasteiger partial charge on any atom is 0.166 e. The number of benzene rings is 1. The van der Waals surface area contributed by atoms with Crippen LogP contribution < -0.4 is 9.47 Å². The van der Waals surface area contributed by atoms with Crippen LogP contribution in [0.1, 0.15) is 37.8 Å². The molecule has 1 saturated carbocycles. The number of hydrogen-bond acceptors (Lipinski definition) is 4. The first-order valence-corrected chi connectivity index (χ1v) is 10.3. The summed E-state index contributed by atoms with van der Waals surface area (Å²) < 4.78 is 19.1. The Morgan fingerprint density at radius 1 is 1.22 bits per heavy atom. The molecule has 1 saturated heterocycles. The summed E-state index contributed by atoms with van der Waals surface area (Å²) in [6.07, 6.45) is 8.22. The minimum atomic E-state index is -0.424. The van der Waals surface area contributed by atoms with Gasteiger partial charge in [0.05, 0.1) is 12.5 Å². The van der Waals surface area contributed by atoms with Gasteiger partial charge in [0.15, 0.2) is 11.5 Å². The third kappa shape index (κ3) is 1.33. The van der Waals surface area contributed by atoms with Crippen LogP contribution in [-0.4, -0.2) is 50.0 Å². The van der Waals surface area contributed by atoms with Crippen LogP contribution in [0.3, 0.4) is 0 Å². The van der Waals surface area contributed by atoms with E-state index in [4.69, 9.17) is 14.2 Å². The lowest BCUT2D eigenvalue weighted by molar-refractivity contribution is -0.257. The van der Waals surface area contributed by atoms with Gasteiger partial charge in [-0.3, -0.25) is 0 Å². The third-order valence-corrected chi connectivity index (χ3v) is 9.24. The van der Waals surface area contributed by atoms with Crippen molar-refractivity contribution in [2.75, 3.05) is 27.8 Å². The summed E-state index contributed by atoms with van der Waals surface area (Å²) in [5, 5.41) is 0. The lowest BCUT2D eigenvalue weighted by Gasteiger charge is -2.74. The second-order valence-corrected chi connectivity index (χ2v) is 9.60. The van der Waals surface area contributed by atoms with E-state index >= 15 is 0 Å². The molecule has 1 aromatic carbocycles. The Bertz CT molecular complexity index is 896. The quantitative estimate of drug-likeness (QED) is 0.751. The average molecular weight is 367 g/mol. The summed E-state index contributed by atoms with van der Waals surface area (Å²) in [6, 6.07) is 4.88. The van der Waals surface area contributed by atoms with E-state index in [-0.39, 0.29) is 10.8 Å². The minimum absolute atomic E-state index is 0.0497. The molecule has 2 heterocycles. The summed E-state index contributed by atoms with van der Waals surface area (Å²) in [6.45, 7) is 5.77. The van der Waals surface area contributed by atoms with Gasteiger partial charge in [0.2, 0.25) is 0 Å². The molecule has 4 nitrogen and oxygen atoms in total. The molecule has 7 rings (SSSR count). The number of piperidine rings is 1. The molecule has 2 fully saturated rings. The monoisotopic (exact) mass is 367 g/mol. The maximum atomic E-state index is 7.00. The number of rotatable bonds is 2. The normalized spacial score (nSPS) is 48.3. The van der Waals surface area contributed by atoms with Gasteiger partial charge in [-0.05, 0) is 57.3 Å².